The zero-order valence-corrected chi connectivity index (χ0v) is 20.1. The standard InChI is InChI=1S/C28H28ClNO4/c1-3-19-4-6-20(7-5-19)15-28(2)16-23-14-22(10-13-25(23)34-28)27(33)30(18-26(31)32)17-21-8-11-24(29)12-9-21/h4-14H,3,15-18H2,1-2H3,(H,31,32)/t28-/m1/s1. The first-order chi connectivity index (χ1) is 16.2. The van der Waals surface area contributed by atoms with Crippen LogP contribution in [0, 0.1) is 0 Å². The topological polar surface area (TPSA) is 66.8 Å². The molecule has 176 valence electrons. The summed E-state index contributed by atoms with van der Waals surface area (Å²) < 4.78 is 6.29. The van der Waals surface area contributed by atoms with Gasteiger partial charge in [-0.15, -0.1) is 0 Å². The van der Waals surface area contributed by atoms with Gasteiger partial charge in [-0.2, -0.15) is 0 Å². The van der Waals surface area contributed by atoms with Gasteiger partial charge in [0.1, 0.15) is 17.9 Å². The zero-order chi connectivity index (χ0) is 24.3. The number of hydrogen-bond donors (Lipinski definition) is 1. The number of carbonyl (C=O) groups is 2. The third kappa shape index (κ3) is 5.60. The molecule has 3 aromatic rings. The van der Waals surface area contributed by atoms with E-state index < -0.39 is 11.6 Å². The fourth-order valence-electron chi connectivity index (χ4n) is 4.43. The lowest BCUT2D eigenvalue weighted by molar-refractivity contribution is -0.137. The molecule has 1 amide bonds. The second-order valence-corrected chi connectivity index (χ2v) is 9.52. The van der Waals surface area contributed by atoms with Crippen molar-refractivity contribution in [3.05, 3.63) is 99.6 Å². The molecule has 1 aliphatic heterocycles. The Labute approximate surface area is 204 Å². The normalized spacial score (nSPS) is 16.6. The molecule has 1 aliphatic rings. The summed E-state index contributed by atoms with van der Waals surface area (Å²) in [7, 11) is 0. The number of carboxylic acid groups (broad SMARTS) is 1. The van der Waals surface area contributed by atoms with Crippen molar-refractivity contribution in [1.29, 1.82) is 0 Å². The van der Waals surface area contributed by atoms with Crippen molar-refractivity contribution < 1.29 is 19.4 Å². The molecule has 1 N–H and O–H groups in total. The Hall–Kier alpha value is -3.31. The van der Waals surface area contributed by atoms with Gasteiger partial charge in [-0.3, -0.25) is 9.59 Å². The van der Waals surface area contributed by atoms with Gasteiger partial charge in [0.25, 0.3) is 5.91 Å². The van der Waals surface area contributed by atoms with Crippen molar-refractivity contribution in [3.8, 4) is 5.75 Å². The number of aryl methyl sites for hydroxylation is 1. The monoisotopic (exact) mass is 477 g/mol. The average Bonchev–Trinajstić information content (AvgIpc) is 3.14. The van der Waals surface area contributed by atoms with E-state index in [1.165, 1.54) is 16.0 Å². The first-order valence-corrected chi connectivity index (χ1v) is 11.8. The number of ether oxygens (including phenoxy) is 1. The number of fused-ring (bicyclic) bond motifs is 1. The van der Waals surface area contributed by atoms with Crippen molar-refractivity contribution in [3.63, 3.8) is 0 Å². The Balaban J connectivity index is 1.51. The highest BCUT2D eigenvalue weighted by Gasteiger charge is 2.35. The minimum Gasteiger partial charge on any atom is -0.487 e. The van der Waals surface area contributed by atoms with Gasteiger partial charge < -0.3 is 14.7 Å². The van der Waals surface area contributed by atoms with Crippen LogP contribution >= 0.6 is 11.6 Å². The number of carboxylic acids is 1. The minimum absolute atomic E-state index is 0.182. The van der Waals surface area contributed by atoms with Crippen LogP contribution in [0.25, 0.3) is 0 Å². The molecular formula is C28H28ClNO4. The number of rotatable bonds is 8. The molecule has 0 saturated heterocycles. The predicted molar refractivity (Wildman–Crippen MR) is 133 cm³/mol. The summed E-state index contributed by atoms with van der Waals surface area (Å²) in [5.41, 5.74) is 4.33. The van der Waals surface area contributed by atoms with Crippen LogP contribution in [0.1, 0.15) is 46.5 Å². The van der Waals surface area contributed by atoms with Gasteiger partial charge in [-0.25, -0.2) is 0 Å². The van der Waals surface area contributed by atoms with Crippen LogP contribution in [0.2, 0.25) is 5.02 Å². The van der Waals surface area contributed by atoms with Crippen LogP contribution in [0.15, 0.2) is 66.7 Å². The van der Waals surface area contributed by atoms with Gasteiger partial charge in [0, 0.05) is 30.0 Å². The molecule has 0 bridgehead atoms. The molecule has 0 unspecified atom stereocenters. The maximum absolute atomic E-state index is 13.3. The van der Waals surface area contributed by atoms with Crippen molar-refractivity contribution >= 4 is 23.5 Å². The van der Waals surface area contributed by atoms with Crippen LogP contribution in [-0.4, -0.2) is 34.0 Å². The summed E-state index contributed by atoms with van der Waals surface area (Å²) >= 11 is 5.95. The molecule has 6 heteroatoms. The van der Waals surface area contributed by atoms with Gasteiger partial charge in [0.05, 0.1) is 0 Å². The van der Waals surface area contributed by atoms with E-state index in [9.17, 15) is 14.7 Å². The molecule has 1 heterocycles. The van der Waals surface area contributed by atoms with E-state index in [1.54, 1.807) is 30.3 Å². The van der Waals surface area contributed by atoms with Gasteiger partial charge in [0.2, 0.25) is 0 Å². The minimum atomic E-state index is -1.06. The van der Waals surface area contributed by atoms with Gasteiger partial charge in [-0.05, 0) is 65.9 Å². The molecule has 0 fully saturated rings. The lowest BCUT2D eigenvalue weighted by Crippen LogP contribution is -2.35. The molecule has 0 aliphatic carbocycles. The Kier molecular flexibility index (Phi) is 6.94. The number of benzene rings is 3. The smallest absolute Gasteiger partial charge is 0.323 e. The molecule has 3 aromatic carbocycles. The Morgan fingerprint density at radius 3 is 2.29 bits per heavy atom. The van der Waals surface area contributed by atoms with Crippen LogP contribution in [-0.2, 0) is 30.6 Å². The van der Waals surface area contributed by atoms with E-state index in [2.05, 4.69) is 38.1 Å². The molecule has 34 heavy (non-hydrogen) atoms. The first kappa shape index (κ1) is 23.8. The van der Waals surface area contributed by atoms with E-state index in [0.717, 1.165) is 29.7 Å². The fourth-order valence-corrected chi connectivity index (χ4v) is 4.56. The summed E-state index contributed by atoms with van der Waals surface area (Å²) in [6.07, 6.45) is 2.44. The Morgan fingerprint density at radius 2 is 1.65 bits per heavy atom. The maximum Gasteiger partial charge on any atom is 0.323 e. The maximum atomic E-state index is 13.3. The van der Waals surface area contributed by atoms with Crippen LogP contribution in [0.4, 0.5) is 0 Å². The number of carbonyl (C=O) groups excluding carboxylic acids is 1. The molecule has 5 nitrogen and oxygen atoms in total. The van der Waals surface area contributed by atoms with Gasteiger partial charge in [-0.1, -0.05) is 54.9 Å². The number of hydrogen-bond acceptors (Lipinski definition) is 3. The lowest BCUT2D eigenvalue weighted by Gasteiger charge is -2.24. The highest BCUT2D eigenvalue weighted by atomic mass is 35.5. The number of nitrogens with zero attached hydrogens (tertiary/aromatic N) is 1. The molecule has 1 atom stereocenters. The molecule has 0 saturated carbocycles. The predicted octanol–water partition coefficient (Wildman–Crippen LogP) is 5.57. The summed E-state index contributed by atoms with van der Waals surface area (Å²) in [5, 5.41) is 9.95. The molecule has 0 aromatic heterocycles. The third-order valence-corrected chi connectivity index (χ3v) is 6.39. The quantitative estimate of drug-likeness (QED) is 0.461. The number of aliphatic carboxylic acids is 1. The number of amides is 1. The van der Waals surface area contributed by atoms with Crippen LogP contribution < -0.4 is 4.74 Å². The highest BCUT2D eigenvalue weighted by Crippen LogP contribution is 2.37. The van der Waals surface area contributed by atoms with Gasteiger partial charge in [0.15, 0.2) is 0 Å². The van der Waals surface area contributed by atoms with Crippen molar-refractivity contribution in [2.24, 2.45) is 0 Å². The lowest BCUT2D eigenvalue weighted by atomic mass is 9.91. The summed E-state index contributed by atoms with van der Waals surface area (Å²) in [5.74, 6) is -0.621. The molecule has 0 spiro atoms. The van der Waals surface area contributed by atoms with E-state index in [1.807, 2.05) is 12.1 Å². The van der Waals surface area contributed by atoms with Crippen LogP contribution in [0.5, 0.6) is 5.75 Å². The average molecular weight is 478 g/mol. The summed E-state index contributed by atoms with van der Waals surface area (Å²) in [6.45, 7) is 4.01. The van der Waals surface area contributed by atoms with Crippen molar-refractivity contribution in [1.82, 2.24) is 4.90 Å². The van der Waals surface area contributed by atoms with Crippen molar-refractivity contribution in [2.75, 3.05) is 6.54 Å². The van der Waals surface area contributed by atoms with E-state index >= 15 is 0 Å². The van der Waals surface area contributed by atoms with E-state index in [4.69, 9.17) is 16.3 Å². The Bertz CT molecular complexity index is 1190. The zero-order valence-electron chi connectivity index (χ0n) is 19.4. The first-order valence-electron chi connectivity index (χ1n) is 11.4. The summed E-state index contributed by atoms with van der Waals surface area (Å²) in [6, 6.07) is 21.0. The second-order valence-electron chi connectivity index (χ2n) is 9.08. The third-order valence-electron chi connectivity index (χ3n) is 6.14. The van der Waals surface area contributed by atoms with Crippen LogP contribution in [0.3, 0.4) is 0 Å². The highest BCUT2D eigenvalue weighted by molar-refractivity contribution is 6.30. The molecular weight excluding hydrogens is 450 g/mol. The fraction of sp³-hybridized carbons (Fsp3) is 0.286. The SMILES string of the molecule is CCc1ccc(C[C@]2(C)Cc3cc(C(=O)N(CC(=O)O)Cc4ccc(Cl)cc4)ccc3O2)cc1. The van der Waals surface area contributed by atoms with E-state index in [0.29, 0.717) is 17.0 Å². The van der Waals surface area contributed by atoms with Crippen molar-refractivity contribution in [2.45, 2.75) is 45.3 Å². The number of halogens is 1. The Morgan fingerprint density at radius 1 is 1.00 bits per heavy atom. The van der Waals surface area contributed by atoms with Gasteiger partial charge >= 0.3 is 5.97 Å². The second kappa shape index (κ2) is 9.90. The van der Waals surface area contributed by atoms with E-state index in [-0.39, 0.29) is 19.0 Å². The largest absolute Gasteiger partial charge is 0.487 e. The molecule has 0 radical (unpaired) electrons. The summed E-state index contributed by atoms with van der Waals surface area (Å²) in [4.78, 5) is 26.0. The molecule has 4 rings (SSSR count).